The number of pyridine rings is 1. The van der Waals surface area contributed by atoms with E-state index in [2.05, 4.69) is 20.9 Å². The Hall–Kier alpha value is -4.63. The van der Waals surface area contributed by atoms with Gasteiger partial charge in [0.1, 0.15) is 34.3 Å². The van der Waals surface area contributed by atoms with Crippen LogP contribution in [0.5, 0.6) is 11.5 Å². The largest absolute Gasteiger partial charge is 0.508 e. The summed E-state index contributed by atoms with van der Waals surface area (Å²) in [5.74, 6) is 1.40. The zero-order valence-corrected chi connectivity index (χ0v) is 23.0. The van der Waals surface area contributed by atoms with Crippen molar-refractivity contribution in [3.05, 3.63) is 94.9 Å². The average molecular weight is 570 g/mol. The van der Waals surface area contributed by atoms with Crippen molar-refractivity contribution < 1.29 is 19.4 Å². The third-order valence-corrected chi connectivity index (χ3v) is 8.07. The number of carbonyl (C=O) groups excluding carboxylic acids is 1. The van der Waals surface area contributed by atoms with Crippen LogP contribution in [0, 0.1) is 0 Å². The Kier molecular flexibility index (Phi) is 6.23. The highest BCUT2D eigenvalue weighted by molar-refractivity contribution is 6.30. The summed E-state index contributed by atoms with van der Waals surface area (Å²) in [5, 5.41) is 21.9. The van der Waals surface area contributed by atoms with Crippen molar-refractivity contribution in [1.82, 2.24) is 15.2 Å². The number of anilines is 2. The van der Waals surface area contributed by atoms with Gasteiger partial charge in [-0.2, -0.15) is 0 Å². The monoisotopic (exact) mass is 569 g/mol. The number of halogens is 1. The third kappa shape index (κ3) is 4.52. The summed E-state index contributed by atoms with van der Waals surface area (Å²) in [5.41, 5.74) is 3.98. The predicted octanol–water partition coefficient (Wildman–Crippen LogP) is 5.69. The van der Waals surface area contributed by atoms with Gasteiger partial charge in [-0.25, -0.2) is 4.98 Å². The number of phenolic OH excluding ortho intramolecular Hbond substituents is 1. The molecule has 0 bridgehead atoms. The van der Waals surface area contributed by atoms with E-state index in [1.807, 2.05) is 53.6 Å². The first kappa shape index (κ1) is 25.3. The molecule has 1 saturated heterocycles. The van der Waals surface area contributed by atoms with Gasteiger partial charge in [-0.3, -0.25) is 4.79 Å². The molecule has 0 aliphatic carbocycles. The molecule has 0 saturated carbocycles. The van der Waals surface area contributed by atoms with Gasteiger partial charge in [-0.05, 0) is 55.3 Å². The van der Waals surface area contributed by atoms with Gasteiger partial charge >= 0.3 is 0 Å². The molecule has 208 valence electrons. The van der Waals surface area contributed by atoms with Crippen molar-refractivity contribution in [2.45, 2.75) is 31.3 Å². The van der Waals surface area contributed by atoms with Gasteiger partial charge < -0.3 is 35.4 Å². The lowest BCUT2D eigenvalue weighted by Gasteiger charge is -2.30. The van der Waals surface area contributed by atoms with Gasteiger partial charge in [0, 0.05) is 34.6 Å². The molecule has 1 fully saturated rings. The summed E-state index contributed by atoms with van der Waals surface area (Å²) in [6, 6.07) is 20.3. The van der Waals surface area contributed by atoms with E-state index in [1.54, 1.807) is 31.4 Å². The van der Waals surface area contributed by atoms with Crippen molar-refractivity contribution in [3.8, 4) is 11.5 Å². The highest BCUT2D eigenvalue weighted by Gasteiger charge is 2.39. The molecule has 3 aromatic carbocycles. The van der Waals surface area contributed by atoms with Crippen molar-refractivity contribution in [2.75, 3.05) is 24.3 Å². The number of nitrogens with one attached hydrogen (secondary N) is 3. The van der Waals surface area contributed by atoms with Gasteiger partial charge in [-0.15, -0.1) is 0 Å². The lowest BCUT2D eigenvalue weighted by molar-refractivity contribution is 0.0725. The first-order chi connectivity index (χ1) is 20.0. The summed E-state index contributed by atoms with van der Waals surface area (Å²) < 4.78 is 11.6. The molecule has 0 radical (unpaired) electrons. The number of amides is 1. The Morgan fingerprint density at radius 1 is 1.07 bits per heavy atom. The average Bonchev–Trinajstić information content (AvgIpc) is 3.75. The summed E-state index contributed by atoms with van der Waals surface area (Å²) in [6.07, 6.45) is 3.04. The van der Waals surface area contributed by atoms with E-state index in [-0.39, 0.29) is 35.2 Å². The van der Waals surface area contributed by atoms with E-state index in [9.17, 15) is 9.90 Å². The van der Waals surface area contributed by atoms with Crippen molar-refractivity contribution in [3.63, 3.8) is 0 Å². The molecule has 4 aromatic rings. The second kappa shape index (κ2) is 10.1. The summed E-state index contributed by atoms with van der Waals surface area (Å²) in [7, 11) is 1.60. The summed E-state index contributed by atoms with van der Waals surface area (Å²) in [4.78, 5) is 20.2. The highest BCUT2D eigenvalue weighted by atomic mass is 35.5. The minimum Gasteiger partial charge on any atom is -0.508 e. The smallest absolute Gasteiger partial charge is 0.273 e. The molecule has 7 rings (SSSR count). The lowest BCUT2D eigenvalue weighted by Crippen LogP contribution is -2.47. The number of fused-ring (bicyclic) bond motifs is 2. The van der Waals surface area contributed by atoms with Gasteiger partial charge in [0.05, 0.1) is 24.5 Å². The molecule has 41 heavy (non-hydrogen) atoms. The minimum atomic E-state index is -0.376. The van der Waals surface area contributed by atoms with E-state index in [1.165, 1.54) is 0 Å². The number of rotatable bonds is 5. The number of aromatic hydroxyl groups is 1. The Labute approximate surface area is 241 Å². The number of aromatic nitrogens is 1. The van der Waals surface area contributed by atoms with Crippen LogP contribution in [-0.4, -0.2) is 46.8 Å². The van der Waals surface area contributed by atoms with Crippen LogP contribution < -0.4 is 20.7 Å². The fourth-order valence-electron chi connectivity index (χ4n) is 5.94. The Balaban J connectivity index is 1.10. The number of likely N-dealkylation sites (tertiary alicyclic amines) is 1. The number of carbonyl (C=O) groups is 1. The van der Waals surface area contributed by atoms with E-state index < -0.39 is 0 Å². The molecule has 3 aliphatic rings. The normalized spacial score (nSPS) is 21.0. The summed E-state index contributed by atoms with van der Waals surface area (Å²) >= 11 is 6.35. The van der Waals surface area contributed by atoms with Gasteiger partial charge in [0.2, 0.25) is 0 Å². The standard InChI is InChI=1S/C31H28ClN5O4/c1-40-25-9-3-7-20-21(25)15-27(32)36-28(20)31(39)37-12-4-8-24(37)29-34-22-11-10-17(14-23(22)35-29)26-16-33-30(41-26)18-5-2-6-19(38)13-18/h2-3,5-7,9-11,13-16,24,29-30,33-35,38H,4,8,12H2,1H3/t24-,29?,30?/m0/s1. The SMILES string of the molecule is COc1cccc2c(C(=O)N3CCC[C@H]3C3Nc4ccc(C5=CNC(c6cccc(O)c6)O5)cc4N3)nc(Cl)cc12. The predicted molar refractivity (Wildman–Crippen MR) is 158 cm³/mol. The number of benzene rings is 3. The molecule has 3 aliphatic heterocycles. The topological polar surface area (TPSA) is 108 Å². The zero-order valence-electron chi connectivity index (χ0n) is 22.2. The van der Waals surface area contributed by atoms with Crippen LogP contribution in [0.25, 0.3) is 16.5 Å². The van der Waals surface area contributed by atoms with Gasteiger partial charge in [0.15, 0.2) is 6.23 Å². The van der Waals surface area contributed by atoms with Crippen LogP contribution in [0.2, 0.25) is 5.15 Å². The van der Waals surface area contributed by atoms with Crippen LogP contribution in [0.15, 0.2) is 72.9 Å². The van der Waals surface area contributed by atoms with Crippen LogP contribution in [0.3, 0.4) is 0 Å². The van der Waals surface area contributed by atoms with Crippen LogP contribution in [-0.2, 0) is 4.74 Å². The van der Waals surface area contributed by atoms with Crippen molar-refractivity contribution in [2.24, 2.45) is 0 Å². The molecule has 4 heterocycles. The fraction of sp³-hybridized carbons (Fsp3) is 0.226. The highest BCUT2D eigenvalue weighted by Crippen LogP contribution is 2.38. The Bertz CT molecular complexity index is 1710. The Morgan fingerprint density at radius 3 is 2.78 bits per heavy atom. The maximum absolute atomic E-state index is 13.9. The van der Waals surface area contributed by atoms with Crippen LogP contribution >= 0.6 is 11.6 Å². The van der Waals surface area contributed by atoms with Crippen LogP contribution in [0.1, 0.15) is 40.7 Å². The maximum Gasteiger partial charge on any atom is 0.273 e. The lowest BCUT2D eigenvalue weighted by atomic mass is 10.1. The zero-order chi connectivity index (χ0) is 28.1. The molecule has 2 unspecified atom stereocenters. The molecule has 4 N–H and O–H groups in total. The fourth-order valence-corrected chi connectivity index (χ4v) is 6.14. The molecule has 1 amide bonds. The maximum atomic E-state index is 13.9. The van der Waals surface area contributed by atoms with E-state index in [0.717, 1.165) is 40.7 Å². The molecule has 9 nitrogen and oxygen atoms in total. The Morgan fingerprint density at radius 2 is 1.93 bits per heavy atom. The van der Waals surface area contributed by atoms with E-state index in [4.69, 9.17) is 21.1 Å². The molecule has 1 aromatic heterocycles. The second-order valence-corrected chi connectivity index (χ2v) is 10.7. The number of methoxy groups -OCH3 is 1. The summed E-state index contributed by atoms with van der Waals surface area (Å²) in [6.45, 7) is 0.632. The first-order valence-electron chi connectivity index (χ1n) is 13.5. The van der Waals surface area contributed by atoms with E-state index in [0.29, 0.717) is 29.1 Å². The van der Waals surface area contributed by atoms with Crippen molar-refractivity contribution >= 4 is 45.4 Å². The number of phenols is 1. The molecule has 3 atom stereocenters. The van der Waals surface area contributed by atoms with Crippen LogP contribution in [0.4, 0.5) is 11.4 Å². The quantitative estimate of drug-likeness (QED) is 0.227. The second-order valence-electron chi connectivity index (χ2n) is 10.4. The van der Waals surface area contributed by atoms with E-state index >= 15 is 0 Å². The number of hydrogen-bond donors (Lipinski definition) is 4. The number of nitrogens with zero attached hydrogens (tertiary/aromatic N) is 2. The van der Waals surface area contributed by atoms with Crippen molar-refractivity contribution in [1.29, 1.82) is 0 Å². The minimum absolute atomic E-state index is 0.0847. The molecular weight excluding hydrogens is 542 g/mol. The third-order valence-electron chi connectivity index (χ3n) is 7.88. The molecular formula is C31H28ClN5O4. The first-order valence-corrected chi connectivity index (χ1v) is 13.9. The molecule has 10 heteroatoms. The number of hydrogen-bond acceptors (Lipinski definition) is 8. The van der Waals surface area contributed by atoms with Gasteiger partial charge in [0.25, 0.3) is 5.91 Å². The number of ether oxygens (including phenoxy) is 2. The molecule has 0 spiro atoms. The van der Waals surface area contributed by atoms with Gasteiger partial charge in [-0.1, -0.05) is 35.9 Å².